The van der Waals surface area contributed by atoms with Crippen molar-refractivity contribution in [2.75, 3.05) is 11.4 Å². The van der Waals surface area contributed by atoms with Gasteiger partial charge >= 0.3 is 0 Å². The summed E-state index contributed by atoms with van der Waals surface area (Å²) in [5.41, 5.74) is 2.29. The zero-order valence-corrected chi connectivity index (χ0v) is 17.7. The summed E-state index contributed by atoms with van der Waals surface area (Å²) in [5, 5.41) is 3.13. The first-order chi connectivity index (χ1) is 13.8. The number of nitrogens with one attached hydrogen (secondary N) is 1. The highest BCUT2D eigenvalue weighted by Gasteiger charge is 2.28. The van der Waals surface area contributed by atoms with Gasteiger partial charge in [0.2, 0.25) is 0 Å². The third-order valence-electron chi connectivity index (χ3n) is 4.49. The molecule has 150 valence electrons. The molecular formula is C22H21ClN2O3S. The number of benzene rings is 3. The van der Waals surface area contributed by atoms with E-state index in [1.54, 1.807) is 72.8 Å². The van der Waals surface area contributed by atoms with Gasteiger partial charge < -0.3 is 5.32 Å². The number of nitrogens with zero attached hydrogens (tertiary/aromatic N) is 1. The Hall–Kier alpha value is -2.83. The summed E-state index contributed by atoms with van der Waals surface area (Å²) in [4.78, 5) is 12.6. The first-order valence-electron chi connectivity index (χ1n) is 8.98. The predicted molar refractivity (Wildman–Crippen MR) is 116 cm³/mol. The third kappa shape index (κ3) is 4.60. The molecule has 0 aliphatic heterocycles. The summed E-state index contributed by atoms with van der Waals surface area (Å²) >= 11 is 5.97. The lowest BCUT2D eigenvalue weighted by Gasteiger charge is -2.26. The number of amides is 1. The number of aryl methyl sites for hydroxylation is 1. The van der Waals surface area contributed by atoms with Crippen molar-refractivity contribution in [3.8, 4) is 0 Å². The molecule has 3 rings (SSSR count). The van der Waals surface area contributed by atoms with E-state index >= 15 is 0 Å². The molecule has 0 aliphatic rings. The smallest absolute Gasteiger partial charge is 0.264 e. The fourth-order valence-electron chi connectivity index (χ4n) is 2.91. The predicted octanol–water partition coefficient (Wildman–Crippen LogP) is 4.40. The Kier molecular flexibility index (Phi) is 6.25. The summed E-state index contributed by atoms with van der Waals surface area (Å²) in [5.74, 6) is -0.360. The van der Waals surface area contributed by atoms with Crippen LogP contribution in [0.3, 0.4) is 0 Å². The molecule has 0 unspecified atom stereocenters. The summed E-state index contributed by atoms with van der Waals surface area (Å²) in [6, 6.07) is 20.2. The largest absolute Gasteiger partial charge is 0.355 e. The SMILES string of the molecule is CNC(=O)c1ccccc1N(Cc1ccc(Cl)cc1)S(=O)(=O)c1ccc(C)cc1. The van der Waals surface area contributed by atoms with Crippen LogP contribution in [0.4, 0.5) is 5.69 Å². The van der Waals surface area contributed by atoms with Gasteiger partial charge in [-0.1, -0.05) is 53.6 Å². The van der Waals surface area contributed by atoms with E-state index < -0.39 is 10.0 Å². The van der Waals surface area contributed by atoms with Crippen LogP contribution in [0, 0.1) is 6.92 Å². The molecule has 0 aliphatic carbocycles. The zero-order chi connectivity index (χ0) is 21.0. The topological polar surface area (TPSA) is 66.5 Å². The average molecular weight is 429 g/mol. The number of para-hydroxylation sites is 1. The van der Waals surface area contributed by atoms with Gasteiger partial charge in [-0.3, -0.25) is 9.10 Å². The first kappa shape index (κ1) is 20.9. The van der Waals surface area contributed by atoms with Gasteiger partial charge in [0, 0.05) is 12.1 Å². The molecule has 0 atom stereocenters. The second kappa shape index (κ2) is 8.68. The maximum Gasteiger partial charge on any atom is 0.264 e. The quantitative estimate of drug-likeness (QED) is 0.632. The van der Waals surface area contributed by atoms with Crippen LogP contribution < -0.4 is 9.62 Å². The lowest BCUT2D eigenvalue weighted by Crippen LogP contribution is -2.33. The molecule has 0 radical (unpaired) electrons. The van der Waals surface area contributed by atoms with Gasteiger partial charge in [-0.05, 0) is 48.9 Å². The first-order valence-corrected chi connectivity index (χ1v) is 10.8. The molecule has 0 spiro atoms. The standard InChI is InChI=1S/C22H21ClN2O3S/c1-16-7-13-19(14-8-16)29(27,28)25(15-17-9-11-18(23)12-10-17)21-6-4-3-5-20(21)22(26)24-2/h3-14H,15H2,1-2H3,(H,24,26). The van der Waals surface area contributed by atoms with Gasteiger partial charge in [0.25, 0.3) is 15.9 Å². The van der Waals surface area contributed by atoms with Crippen LogP contribution in [0.2, 0.25) is 5.02 Å². The fraction of sp³-hybridized carbons (Fsp3) is 0.136. The van der Waals surface area contributed by atoms with Crippen molar-refractivity contribution in [2.24, 2.45) is 0 Å². The molecule has 5 nitrogen and oxygen atoms in total. The molecule has 0 saturated carbocycles. The Bertz CT molecular complexity index is 1110. The Morgan fingerprint density at radius 3 is 2.21 bits per heavy atom. The molecule has 1 amide bonds. The van der Waals surface area contributed by atoms with Gasteiger partial charge in [0.15, 0.2) is 0 Å². The monoisotopic (exact) mass is 428 g/mol. The normalized spacial score (nSPS) is 11.1. The lowest BCUT2D eigenvalue weighted by atomic mass is 10.1. The van der Waals surface area contributed by atoms with Crippen molar-refractivity contribution in [1.82, 2.24) is 5.32 Å². The van der Waals surface area contributed by atoms with Gasteiger partial charge in [-0.15, -0.1) is 0 Å². The molecule has 3 aromatic rings. The molecular weight excluding hydrogens is 408 g/mol. The molecule has 3 aromatic carbocycles. The fourth-order valence-corrected chi connectivity index (χ4v) is 4.51. The Morgan fingerprint density at radius 1 is 0.966 bits per heavy atom. The van der Waals surface area contributed by atoms with Crippen molar-refractivity contribution in [1.29, 1.82) is 0 Å². The van der Waals surface area contributed by atoms with Crippen molar-refractivity contribution < 1.29 is 13.2 Å². The molecule has 0 fully saturated rings. The van der Waals surface area contributed by atoms with Crippen LogP contribution >= 0.6 is 11.6 Å². The van der Waals surface area contributed by atoms with Crippen LogP contribution in [-0.2, 0) is 16.6 Å². The van der Waals surface area contributed by atoms with Crippen LogP contribution in [0.5, 0.6) is 0 Å². The minimum absolute atomic E-state index is 0.0569. The van der Waals surface area contributed by atoms with E-state index in [0.29, 0.717) is 10.7 Å². The van der Waals surface area contributed by atoms with E-state index in [2.05, 4.69) is 5.32 Å². The minimum atomic E-state index is -3.92. The van der Waals surface area contributed by atoms with E-state index in [1.165, 1.54) is 11.4 Å². The van der Waals surface area contributed by atoms with Crippen molar-refractivity contribution in [3.05, 3.63) is 94.5 Å². The summed E-state index contributed by atoms with van der Waals surface area (Å²) in [7, 11) is -2.41. The number of rotatable bonds is 6. The molecule has 7 heteroatoms. The number of halogens is 1. The van der Waals surface area contributed by atoms with Crippen LogP contribution in [-0.4, -0.2) is 21.4 Å². The van der Waals surface area contributed by atoms with E-state index in [4.69, 9.17) is 11.6 Å². The molecule has 1 N–H and O–H groups in total. The van der Waals surface area contributed by atoms with Crippen molar-refractivity contribution in [2.45, 2.75) is 18.4 Å². The Morgan fingerprint density at radius 2 is 1.59 bits per heavy atom. The molecule has 0 aromatic heterocycles. The Labute approximate surface area is 176 Å². The van der Waals surface area contributed by atoms with E-state index in [9.17, 15) is 13.2 Å². The minimum Gasteiger partial charge on any atom is -0.355 e. The highest BCUT2D eigenvalue weighted by Crippen LogP contribution is 2.29. The Balaban J connectivity index is 2.16. The number of carbonyl (C=O) groups is 1. The van der Waals surface area contributed by atoms with Crippen molar-refractivity contribution >= 4 is 33.2 Å². The summed E-state index contributed by atoms with van der Waals surface area (Å²) < 4.78 is 28.3. The van der Waals surface area contributed by atoms with Crippen LogP contribution in [0.25, 0.3) is 0 Å². The number of hydrogen-bond acceptors (Lipinski definition) is 3. The van der Waals surface area contributed by atoms with E-state index in [1.807, 2.05) is 6.92 Å². The van der Waals surface area contributed by atoms with Crippen LogP contribution in [0.1, 0.15) is 21.5 Å². The van der Waals surface area contributed by atoms with Gasteiger partial charge in [-0.25, -0.2) is 8.42 Å². The number of anilines is 1. The molecule has 0 heterocycles. The highest BCUT2D eigenvalue weighted by atomic mass is 35.5. The maximum atomic E-state index is 13.5. The lowest BCUT2D eigenvalue weighted by molar-refractivity contribution is 0.0963. The highest BCUT2D eigenvalue weighted by molar-refractivity contribution is 7.92. The second-order valence-electron chi connectivity index (χ2n) is 6.55. The van der Waals surface area contributed by atoms with Gasteiger partial charge in [-0.2, -0.15) is 0 Å². The average Bonchev–Trinajstić information content (AvgIpc) is 2.73. The molecule has 29 heavy (non-hydrogen) atoms. The summed E-state index contributed by atoms with van der Waals surface area (Å²) in [6.45, 7) is 1.95. The van der Waals surface area contributed by atoms with E-state index in [0.717, 1.165) is 11.1 Å². The molecule has 0 bridgehead atoms. The number of sulfonamides is 1. The second-order valence-corrected chi connectivity index (χ2v) is 8.85. The van der Waals surface area contributed by atoms with Crippen LogP contribution in [0.15, 0.2) is 77.7 Å². The molecule has 0 saturated heterocycles. The number of carbonyl (C=O) groups excluding carboxylic acids is 1. The maximum absolute atomic E-state index is 13.5. The zero-order valence-electron chi connectivity index (χ0n) is 16.1. The third-order valence-corrected chi connectivity index (χ3v) is 6.52. The van der Waals surface area contributed by atoms with E-state index in [-0.39, 0.29) is 22.9 Å². The van der Waals surface area contributed by atoms with Crippen molar-refractivity contribution in [3.63, 3.8) is 0 Å². The summed E-state index contributed by atoms with van der Waals surface area (Å²) in [6.07, 6.45) is 0. The van der Waals surface area contributed by atoms with Gasteiger partial charge in [0.05, 0.1) is 22.7 Å². The van der Waals surface area contributed by atoms with Gasteiger partial charge in [0.1, 0.15) is 0 Å². The number of hydrogen-bond donors (Lipinski definition) is 1.